The van der Waals surface area contributed by atoms with E-state index in [4.69, 9.17) is 0 Å². The molecule has 144 valence electrons. The number of sulfonamides is 1. The molecule has 1 atom stereocenters. The van der Waals surface area contributed by atoms with Gasteiger partial charge in [-0.1, -0.05) is 28.4 Å². The van der Waals surface area contributed by atoms with Crippen LogP contribution in [0.2, 0.25) is 0 Å². The maximum Gasteiger partial charge on any atom is 0.243 e. The first-order chi connectivity index (χ1) is 12.9. The Hall–Kier alpha value is -1.35. The third kappa shape index (κ3) is 4.74. The van der Waals surface area contributed by atoms with E-state index in [1.54, 1.807) is 36.0 Å². The van der Waals surface area contributed by atoms with Gasteiger partial charge in [-0.2, -0.15) is 4.31 Å². The molecule has 0 saturated carbocycles. The molecule has 1 aliphatic rings. The van der Waals surface area contributed by atoms with Crippen molar-refractivity contribution < 1.29 is 13.2 Å². The number of nitrogens with one attached hydrogen (secondary N) is 1. The normalized spacial score (nSPS) is 18.2. The Kier molecular flexibility index (Phi) is 6.62. The van der Waals surface area contributed by atoms with Gasteiger partial charge in [-0.05, 0) is 61.6 Å². The average Bonchev–Trinajstić information content (AvgIpc) is 2.68. The molecule has 0 bridgehead atoms. The van der Waals surface area contributed by atoms with Crippen LogP contribution in [0.4, 0.5) is 5.69 Å². The second-order valence-electron chi connectivity index (χ2n) is 6.30. The summed E-state index contributed by atoms with van der Waals surface area (Å²) in [5, 5.41) is 2.88. The number of rotatable bonds is 5. The second kappa shape index (κ2) is 8.77. The van der Waals surface area contributed by atoms with E-state index in [2.05, 4.69) is 21.2 Å². The van der Waals surface area contributed by atoms with Gasteiger partial charge in [0.25, 0.3) is 0 Å². The summed E-state index contributed by atoms with van der Waals surface area (Å²) in [4.78, 5) is 14.1. The highest BCUT2D eigenvalue weighted by Crippen LogP contribution is 2.27. The van der Waals surface area contributed by atoms with Crippen LogP contribution in [-0.2, 0) is 14.8 Å². The van der Waals surface area contributed by atoms with Gasteiger partial charge in [0.1, 0.15) is 6.04 Å². The molecule has 1 amide bonds. The number of hydrogen-bond acceptors (Lipinski definition) is 4. The molecule has 27 heavy (non-hydrogen) atoms. The molecule has 8 heteroatoms. The zero-order valence-corrected chi connectivity index (χ0v) is 18.1. The standard InChI is InChI=1S/C19H21BrN2O3S2/c1-26-16-6-4-5-15(13-16)21-19(23)18-7-2-3-12-22(18)27(24,25)17-10-8-14(20)9-11-17/h4-6,8-11,13,18H,2-3,7,12H2,1H3,(H,21,23). The monoisotopic (exact) mass is 468 g/mol. The molecule has 2 aromatic rings. The third-order valence-electron chi connectivity index (χ3n) is 4.51. The molecule has 0 spiro atoms. The van der Waals surface area contributed by atoms with Crippen LogP contribution in [0, 0.1) is 0 Å². The first-order valence-corrected chi connectivity index (χ1v) is 12.1. The lowest BCUT2D eigenvalue weighted by Crippen LogP contribution is -2.49. The summed E-state index contributed by atoms with van der Waals surface area (Å²) in [6.07, 6.45) is 4.06. The van der Waals surface area contributed by atoms with Crippen molar-refractivity contribution in [1.29, 1.82) is 0 Å². The predicted octanol–water partition coefficient (Wildman–Crippen LogP) is 4.35. The van der Waals surface area contributed by atoms with Gasteiger partial charge < -0.3 is 5.32 Å². The van der Waals surface area contributed by atoms with Crippen LogP contribution in [0.1, 0.15) is 19.3 Å². The molecule has 0 radical (unpaired) electrons. The number of thioether (sulfide) groups is 1. The Balaban J connectivity index is 1.84. The van der Waals surface area contributed by atoms with Gasteiger partial charge in [0.05, 0.1) is 4.90 Å². The molecule has 0 aromatic heterocycles. The highest BCUT2D eigenvalue weighted by atomic mass is 79.9. The maximum atomic E-state index is 13.1. The lowest BCUT2D eigenvalue weighted by Gasteiger charge is -2.33. The molecular weight excluding hydrogens is 448 g/mol. The van der Waals surface area contributed by atoms with E-state index in [9.17, 15) is 13.2 Å². The van der Waals surface area contributed by atoms with Crippen molar-refractivity contribution in [3.63, 3.8) is 0 Å². The SMILES string of the molecule is CSc1cccc(NC(=O)C2CCCCN2S(=O)(=O)c2ccc(Br)cc2)c1. The molecule has 1 fully saturated rings. The van der Waals surface area contributed by atoms with E-state index < -0.39 is 16.1 Å². The minimum absolute atomic E-state index is 0.204. The van der Waals surface area contributed by atoms with Crippen molar-refractivity contribution in [3.8, 4) is 0 Å². The third-order valence-corrected chi connectivity index (χ3v) is 7.69. The molecular formula is C19H21BrN2O3S2. The van der Waals surface area contributed by atoms with Crippen molar-refractivity contribution in [1.82, 2.24) is 4.31 Å². The van der Waals surface area contributed by atoms with Gasteiger partial charge in [-0.15, -0.1) is 11.8 Å². The summed E-state index contributed by atoms with van der Waals surface area (Å²) in [6, 6.07) is 13.3. The van der Waals surface area contributed by atoms with Crippen molar-refractivity contribution in [2.45, 2.75) is 35.1 Å². The fourth-order valence-corrected chi connectivity index (χ4v) is 5.50. The van der Waals surface area contributed by atoms with E-state index >= 15 is 0 Å². The smallest absolute Gasteiger partial charge is 0.243 e. The van der Waals surface area contributed by atoms with Gasteiger partial charge in [-0.3, -0.25) is 4.79 Å². The van der Waals surface area contributed by atoms with Crippen LogP contribution >= 0.6 is 27.7 Å². The van der Waals surface area contributed by atoms with E-state index in [1.165, 1.54) is 4.31 Å². The number of anilines is 1. The van der Waals surface area contributed by atoms with Crippen LogP contribution in [0.15, 0.2) is 62.8 Å². The summed E-state index contributed by atoms with van der Waals surface area (Å²) in [5.74, 6) is -0.284. The van der Waals surface area contributed by atoms with E-state index in [-0.39, 0.29) is 10.8 Å². The van der Waals surface area contributed by atoms with Crippen LogP contribution in [0.5, 0.6) is 0 Å². The lowest BCUT2D eigenvalue weighted by atomic mass is 10.0. The van der Waals surface area contributed by atoms with Crippen LogP contribution < -0.4 is 5.32 Å². The van der Waals surface area contributed by atoms with Crippen molar-refractivity contribution in [2.75, 3.05) is 18.1 Å². The van der Waals surface area contributed by atoms with Crippen molar-refractivity contribution in [3.05, 3.63) is 53.0 Å². The van der Waals surface area contributed by atoms with Crippen molar-refractivity contribution in [2.24, 2.45) is 0 Å². The minimum Gasteiger partial charge on any atom is -0.325 e. The fourth-order valence-electron chi connectivity index (χ4n) is 3.12. The summed E-state index contributed by atoms with van der Waals surface area (Å²) in [7, 11) is -3.73. The molecule has 3 rings (SSSR count). The fraction of sp³-hybridized carbons (Fsp3) is 0.316. The Bertz CT molecular complexity index is 917. The van der Waals surface area contributed by atoms with Crippen LogP contribution in [-0.4, -0.2) is 37.5 Å². The summed E-state index contributed by atoms with van der Waals surface area (Å²) >= 11 is 4.91. The molecule has 1 heterocycles. The summed E-state index contributed by atoms with van der Waals surface area (Å²) in [5.41, 5.74) is 0.679. The Morgan fingerprint density at radius 2 is 1.93 bits per heavy atom. The van der Waals surface area contributed by atoms with Gasteiger partial charge in [0.15, 0.2) is 0 Å². The van der Waals surface area contributed by atoms with E-state index in [0.29, 0.717) is 18.7 Å². The maximum absolute atomic E-state index is 13.1. The van der Waals surface area contributed by atoms with Crippen LogP contribution in [0.3, 0.4) is 0 Å². The largest absolute Gasteiger partial charge is 0.325 e. The number of amides is 1. The minimum atomic E-state index is -3.73. The molecule has 1 unspecified atom stereocenters. The Labute approximate surface area is 172 Å². The zero-order valence-electron chi connectivity index (χ0n) is 14.9. The van der Waals surface area contributed by atoms with Crippen molar-refractivity contribution >= 4 is 49.3 Å². The quantitative estimate of drug-likeness (QED) is 0.662. The Morgan fingerprint density at radius 1 is 1.19 bits per heavy atom. The second-order valence-corrected chi connectivity index (χ2v) is 9.99. The van der Waals surface area contributed by atoms with E-state index in [1.807, 2.05) is 30.5 Å². The number of benzene rings is 2. The molecule has 1 aliphatic heterocycles. The summed E-state index contributed by atoms with van der Waals surface area (Å²) in [6.45, 7) is 0.349. The number of carbonyl (C=O) groups is 1. The number of halogens is 1. The predicted molar refractivity (Wildman–Crippen MR) is 113 cm³/mol. The molecule has 2 aromatic carbocycles. The highest BCUT2D eigenvalue weighted by molar-refractivity contribution is 9.10. The first kappa shape index (κ1) is 20.4. The molecule has 1 N–H and O–H groups in total. The number of nitrogens with zero attached hydrogens (tertiary/aromatic N) is 1. The first-order valence-electron chi connectivity index (χ1n) is 8.64. The van der Waals surface area contributed by atoms with Gasteiger partial charge >= 0.3 is 0 Å². The lowest BCUT2D eigenvalue weighted by molar-refractivity contribution is -0.120. The average molecular weight is 469 g/mol. The van der Waals surface area contributed by atoms with E-state index in [0.717, 1.165) is 22.2 Å². The van der Waals surface area contributed by atoms with Crippen LogP contribution in [0.25, 0.3) is 0 Å². The molecule has 0 aliphatic carbocycles. The van der Waals surface area contributed by atoms with Gasteiger partial charge in [0.2, 0.25) is 15.9 Å². The summed E-state index contributed by atoms with van der Waals surface area (Å²) < 4.78 is 28.3. The topological polar surface area (TPSA) is 66.5 Å². The highest BCUT2D eigenvalue weighted by Gasteiger charge is 2.37. The van der Waals surface area contributed by atoms with Gasteiger partial charge in [-0.25, -0.2) is 8.42 Å². The number of piperidine rings is 1. The zero-order chi connectivity index (χ0) is 19.4. The number of hydrogen-bond donors (Lipinski definition) is 1. The Morgan fingerprint density at radius 3 is 2.63 bits per heavy atom. The molecule has 1 saturated heterocycles. The number of carbonyl (C=O) groups excluding carboxylic acids is 1. The molecule has 5 nitrogen and oxygen atoms in total. The van der Waals surface area contributed by atoms with Gasteiger partial charge in [0, 0.05) is 21.6 Å².